The minimum Gasteiger partial charge on any atom is -0.494 e. The van der Waals surface area contributed by atoms with E-state index in [4.69, 9.17) is 10.00 Å². The molecule has 3 rings (SSSR count). The molecule has 0 saturated carbocycles. The lowest BCUT2D eigenvalue weighted by molar-refractivity contribution is 0.102. The third-order valence-corrected chi connectivity index (χ3v) is 3.98. The molecule has 0 saturated heterocycles. The van der Waals surface area contributed by atoms with Gasteiger partial charge in [0.1, 0.15) is 11.8 Å². The first kappa shape index (κ1) is 19.6. The number of nitrogens with one attached hydrogen (secondary N) is 2. The molecule has 0 spiro atoms. The van der Waals surface area contributed by atoms with Crippen molar-refractivity contribution in [3.05, 3.63) is 83.7 Å². The zero-order valence-corrected chi connectivity index (χ0v) is 15.7. The standard InChI is InChI=1S/C22H18N4O3/c1-2-29-19-9-7-18(8-10-19)25-21(27)16-11-17(14-24-13-16)22(28)26-20-6-4-3-5-15(20)12-23/h3-11,13-14H,2H2,1H3,(H,25,27)(H,26,28). The molecule has 0 fully saturated rings. The summed E-state index contributed by atoms with van der Waals surface area (Å²) in [5.41, 5.74) is 1.77. The molecule has 3 aromatic rings. The highest BCUT2D eigenvalue weighted by Gasteiger charge is 2.13. The molecule has 0 atom stereocenters. The monoisotopic (exact) mass is 386 g/mol. The van der Waals surface area contributed by atoms with Crippen LogP contribution in [0.4, 0.5) is 11.4 Å². The highest BCUT2D eigenvalue weighted by molar-refractivity contribution is 6.08. The molecule has 2 aromatic carbocycles. The van der Waals surface area contributed by atoms with E-state index in [9.17, 15) is 9.59 Å². The second-order valence-corrected chi connectivity index (χ2v) is 5.99. The van der Waals surface area contributed by atoms with E-state index in [1.54, 1.807) is 48.5 Å². The highest BCUT2D eigenvalue weighted by atomic mass is 16.5. The molecule has 0 aliphatic carbocycles. The van der Waals surface area contributed by atoms with E-state index in [-0.39, 0.29) is 11.1 Å². The quantitative estimate of drug-likeness (QED) is 0.669. The van der Waals surface area contributed by atoms with E-state index in [0.29, 0.717) is 29.3 Å². The van der Waals surface area contributed by atoms with E-state index in [0.717, 1.165) is 0 Å². The lowest BCUT2D eigenvalue weighted by Gasteiger charge is -2.09. The summed E-state index contributed by atoms with van der Waals surface area (Å²) < 4.78 is 5.37. The molecule has 0 bridgehead atoms. The predicted octanol–water partition coefficient (Wildman–Crippen LogP) is 3.86. The van der Waals surface area contributed by atoms with Crippen LogP contribution in [-0.2, 0) is 0 Å². The summed E-state index contributed by atoms with van der Waals surface area (Å²) in [7, 11) is 0. The first-order valence-electron chi connectivity index (χ1n) is 8.90. The molecule has 0 unspecified atom stereocenters. The first-order chi connectivity index (χ1) is 14.1. The van der Waals surface area contributed by atoms with Crippen LogP contribution in [0.3, 0.4) is 0 Å². The van der Waals surface area contributed by atoms with Crippen LogP contribution < -0.4 is 15.4 Å². The number of hydrogen-bond donors (Lipinski definition) is 2. The fraction of sp³-hybridized carbons (Fsp3) is 0.0909. The van der Waals surface area contributed by atoms with Crippen molar-refractivity contribution in [1.82, 2.24) is 4.98 Å². The van der Waals surface area contributed by atoms with Crippen LogP contribution in [0.25, 0.3) is 0 Å². The van der Waals surface area contributed by atoms with E-state index >= 15 is 0 Å². The number of para-hydroxylation sites is 1. The molecule has 29 heavy (non-hydrogen) atoms. The number of nitrogens with zero attached hydrogens (tertiary/aromatic N) is 2. The molecule has 7 nitrogen and oxygen atoms in total. The first-order valence-corrected chi connectivity index (χ1v) is 8.90. The maximum absolute atomic E-state index is 12.5. The maximum Gasteiger partial charge on any atom is 0.257 e. The van der Waals surface area contributed by atoms with Crippen LogP contribution in [0.2, 0.25) is 0 Å². The van der Waals surface area contributed by atoms with Gasteiger partial charge >= 0.3 is 0 Å². The second-order valence-electron chi connectivity index (χ2n) is 5.99. The molecule has 1 heterocycles. The van der Waals surface area contributed by atoms with Crippen LogP contribution in [0.15, 0.2) is 67.0 Å². The van der Waals surface area contributed by atoms with Crippen molar-refractivity contribution in [1.29, 1.82) is 5.26 Å². The number of benzene rings is 2. The van der Waals surface area contributed by atoms with Crippen molar-refractivity contribution in [3.8, 4) is 11.8 Å². The van der Waals surface area contributed by atoms with Gasteiger partial charge in [-0.3, -0.25) is 14.6 Å². The Morgan fingerprint density at radius 3 is 2.31 bits per heavy atom. The number of carbonyl (C=O) groups excluding carboxylic acids is 2. The molecule has 144 valence electrons. The van der Waals surface area contributed by atoms with Crippen molar-refractivity contribution < 1.29 is 14.3 Å². The average molecular weight is 386 g/mol. The van der Waals surface area contributed by atoms with Gasteiger partial charge in [-0.05, 0) is 49.4 Å². The van der Waals surface area contributed by atoms with Crippen LogP contribution in [0, 0.1) is 11.3 Å². The predicted molar refractivity (Wildman–Crippen MR) is 109 cm³/mol. The van der Waals surface area contributed by atoms with Gasteiger partial charge in [-0.1, -0.05) is 12.1 Å². The Morgan fingerprint density at radius 1 is 1.00 bits per heavy atom. The molecule has 2 amide bonds. The number of amides is 2. The van der Waals surface area contributed by atoms with Gasteiger partial charge in [0.2, 0.25) is 0 Å². The topological polar surface area (TPSA) is 104 Å². The summed E-state index contributed by atoms with van der Waals surface area (Å²) >= 11 is 0. The number of carbonyl (C=O) groups is 2. The van der Waals surface area contributed by atoms with Gasteiger partial charge in [-0.2, -0.15) is 5.26 Å². The Balaban J connectivity index is 1.72. The number of hydrogen-bond acceptors (Lipinski definition) is 5. The Labute approximate surface area is 168 Å². The third kappa shape index (κ3) is 4.96. The van der Waals surface area contributed by atoms with Gasteiger partial charge < -0.3 is 15.4 Å². The van der Waals surface area contributed by atoms with Gasteiger partial charge in [0.15, 0.2) is 0 Å². The summed E-state index contributed by atoms with van der Waals surface area (Å²) in [4.78, 5) is 29.0. The molecule has 2 N–H and O–H groups in total. The summed E-state index contributed by atoms with van der Waals surface area (Å²) in [6.45, 7) is 2.45. The Bertz CT molecular complexity index is 1070. The van der Waals surface area contributed by atoms with Crippen LogP contribution in [0.1, 0.15) is 33.2 Å². The summed E-state index contributed by atoms with van der Waals surface area (Å²) in [5, 5.41) is 14.5. The van der Waals surface area contributed by atoms with Gasteiger partial charge in [0.05, 0.1) is 29.0 Å². The van der Waals surface area contributed by atoms with Crippen molar-refractivity contribution in [2.75, 3.05) is 17.2 Å². The fourth-order valence-electron chi connectivity index (χ4n) is 2.58. The van der Waals surface area contributed by atoms with Crippen LogP contribution in [-0.4, -0.2) is 23.4 Å². The van der Waals surface area contributed by atoms with E-state index in [2.05, 4.69) is 15.6 Å². The van der Waals surface area contributed by atoms with Gasteiger partial charge in [0.25, 0.3) is 11.8 Å². The SMILES string of the molecule is CCOc1ccc(NC(=O)c2cncc(C(=O)Nc3ccccc3C#N)c2)cc1. The molecule has 0 radical (unpaired) electrons. The number of nitriles is 1. The normalized spacial score (nSPS) is 9.93. The minimum absolute atomic E-state index is 0.206. The largest absolute Gasteiger partial charge is 0.494 e. The van der Waals surface area contributed by atoms with Crippen LogP contribution >= 0.6 is 0 Å². The van der Waals surface area contributed by atoms with Crippen LogP contribution in [0.5, 0.6) is 5.75 Å². The number of pyridine rings is 1. The van der Waals surface area contributed by atoms with Crippen molar-refractivity contribution in [2.24, 2.45) is 0 Å². The Hall–Kier alpha value is -4.18. The second kappa shape index (κ2) is 9.15. The van der Waals surface area contributed by atoms with E-state index in [1.807, 2.05) is 13.0 Å². The number of aromatic nitrogens is 1. The Morgan fingerprint density at radius 2 is 1.66 bits per heavy atom. The molecule has 7 heteroatoms. The van der Waals surface area contributed by atoms with E-state index in [1.165, 1.54) is 18.5 Å². The maximum atomic E-state index is 12.5. The zero-order chi connectivity index (χ0) is 20.6. The lowest BCUT2D eigenvalue weighted by atomic mass is 10.1. The zero-order valence-electron chi connectivity index (χ0n) is 15.7. The number of rotatable bonds is 6. The third-order valence-electron chi connectivity index (χ3n) is 3.98. The van der Waals surface area contributed by atoms with Gasteiger partial charge in [-0.25, -0.2) is 0 Å². The fourth-order valence-corrected chi connectivity index (χ4v) is 2.58. The molecule has 0 aliphatic rings. The van der Waals surface area contributed by atoms with Gasteiger partial charge in [-0.15, -0.1) is 0 Å². The smallest absolute Gasteiger partial charge is 0.257 e. The summed E-state index contributed by atoms with van der Waals surface area (Å²) in [6, 6.07) is 17.1. The molecule has 1 aromatic heterocycles. The molecular weight excluding hydrogens is 368 g/mol. The number of anilines is 2. The van der Waals surface area contributed by atoms with Crippen molar-refractivity contribution >= 4 is 23.2 Å². The average Bonchev–Trinajstić information content (AvgIpc) is 2.75. The van der Waals surface area contributed by atoms with E-state index < -0.39 is 11.8 Å². The summed E-state index contributed by atoms with van der Waals surface area (Å²) in [5.74, 6) is -0.145. The molecular formula is C22H18N4O3. The van der Waals surface area contributed by atoms with Crippen molar-refractivity contribution in [2.45, 2.75) is 6.92 Å². The minimum atomic E-state index is -0.462. The summed E-state index contributed by atoms with van der Waals surface area (Å²) in [6.07, 6.45) is 2.74. The highest BCUT2D eigenvalue weighted by Crippen LogP contribution is 2.18. The van der Waals surface area contributed by atoms with Crippen molar-refractivity contribution in [3.63, 3.8) is 0 Å². The lowest BCUT2D eigenvalue weighted by Crippen LogP contribution is -2.16. The van der Waals surface area contributed by atoms with Gasteiger partial charge in [0, 0.05) is 18.1 Å². The Kier molecular flexibility index (Phi) is 6.18. The number of ether oxygens (including phenoxy) is 1. The molecule has 0 aliphatic heterocycles.